The van der Waals surface area contributed by atoms with Crippen LogP contribution in [-0.4, -0.2) is 33.3 Å². The molecule has 6 heteroatoms. The third-order valence-electron chi connectivity index (χ3n) is 3.72. The Labute approximate surface area is 141 Å². The van der Waals surface area contributed by atoms with Crippen LogP contribution in [0.3, 0.4) is 0 Å². The first-order chi connectivity index (χ1) is 11.5. The number of carboxylic acid groups (broad SMARTS) is 1. The first-order valence-electron chi connectivity index (χ1n) is 8.04. The van der Waals surface area contributed by atoms with E-state index in [0.717, 1.165) is 11.3 Å². The van der Waals surface area contributed by atoms with Crippen molar-refractivity contribution in [2.45, 2.75) is 26.7 Å². The van der Waals surface area contributed by atoms with Crippen molar-refractivity contribution in [1.82, 2.24) is 15.1 Å². The summed E-state index contributed by atoms with van der Waals surface area (Å²) in [6.07, 6.45) is 4.33. The van der Waals surface area contributed by atoms with E-state index in [1.54, 1.807) is 10.9 Å². The number of nitrogens with one attached hydrogen (secondary N) is 1. The Balaban J connectivity index is 1.86. The van der Waals surface area contributed by atoms with Crippen LogP contribution in [0.2, 0.25) is 0 Å². The predicted octanol–water partition coefficient (Wildman–Crippen LogP) is 2.28. The topological polar surface area (TPSA) is 84.2 Å². The maximum absolute atomic E-state index is 12.0. The summed E-state index contributed by atoms with van der Waals surface area (Å²) in [5.41, 5.74) is 1.80. The molecule has 0 aliphatic rings. The molecule has 6 nitrogen and oxygen atoms in total. The van der Waals surface area contributed by atoms with Crippen LogP contribution >= 0.6 is 0 Å². The lowest BCUT2D eigenvalue weighted by Crippen LogP contribution is -2.34. The van der Waals surface area contributed by atoms with Gasteiger partial charge >= 0.3 is 5.97 Å². The van der Waals surface area contributed by atoms with E-state index >= 15 is 0 Å². The summed E-state index contributed by atoms with van der Waals surface area (Å²) in [6.45, 7) is 4.11. The van der Waals surface area contributed by atoms with Gasteiger partial charge in [-0.15, -0.1) is 0 Å². The van der Waals surface area contributed by atoms with Gasteiger partial charge in [-0.05, 0) is 36.1 Å². The Morgan fingerprint density at radius 2 is 1.96 bits per heavy atom. The number of aliphatic carboxylic acids is 1. The zero-order valence-corrected chi connectivity index (χ0v) is 14.0. The first-order valence-corrected chi connectivity index (χ1v) is 8.04. The van der Waals surface area contributed by atoms with Gasteiger partial charge < -0.3 is 10.4 Å². The average molecular weight is 329 g/mol. The van der Waals surface area contributed by atoms with Crippen molar-refractivity contribution in [3.8, 4) is 5.69 Å². The second kappa shape index (κ2) is 8.29. The lowest BCUT2D eigenvalue weighted by atomic mass is 9.97. The highest BCUT2D eigenvalue weighted by Gasteiger charge is 2.19. The maximum atomic E-state index is 12.0. The van der Waals surface area contributed by atoms with Crippen molar-refractivity contribution in [2.75, 3.05) is 6.54 Å². The maximum Gasteiger partial charge on any atom is 0.308 e. The Hall–Kier alpha value is -2.63. The molecule has 0 aliphatic heterocycles. The highest BCUT2D eigenvalue weighted by atomic mass is 16.4. The quantitative estimate of drug-likeness (QED) is 0.778. The minimum absolute atomic E-state index is 0.164. The summed E-state index contributed by atoms with van der Waals surface area (Å²) in [7, 11) is 0. The van der Waals surface area contributed by atoms with Gasteiger partial charge in [0.15, 0.2) is 0 Å². The Kier molecular flexibility index (Phi) is 6.12. The third kappa shape index (κ3) is 5.22. The summed E-state index contributed by atoms with van der Waals surface area (Å²) in [6, 6.07) is 9.39. The molecular formula is C18H23N3O3. The number of carboxylic acids is 1. The van der Waals surface area contributed by atoms with Gasteiger partial charge in [-0.1, -0.05) is 26.0 Å². The number of hydrogen-bond donors (Lipinski definition) is 2. The molecule has 2 aromatic rings. The summed E-state index contributed by atoms with van der Waals surface area (Å²) in [5.74, 6) is -1.31. The predicted molar refractivity (Wildman–Crippen MR) is 90.9 cm³/mol. The zero-order valence-electron chi connectivity index (χ0n) is 14.0. The summed E-state index contributed by atoms with van der Waals surface area (Å²) in [5, 5.41) is 16.1. The SMILES string of the molecule is CC(C)CC(CNC(=O)Cc1ccc(-n2cccn2)cc1)C(=O)O. The molecular weight excluding hydrogens is 306 g/mol. The largest absolute Gasteiger partial charge is 0.481 e. The van der Waals surface area contributed by atoms with E-state index in [9.17, 15) is 14.7 Å². The van der Waals surface area contributed by atoms with Gasteiger partial charge in [0.05, 0.1) is 18.0 Å². The summed E-state index contributed by atoms with van der Waals surface area (Å²) in [4.78, 5) is 23.2. The number of amides is 1. The van der Waals surface area contributed by atoms with Crippen molar-refractivity contribution in [3.63, 3.8) is 0 Å². The molecule has 2 N–H and O–H groups in total. The van der Waals surface area contributed by atoms with Gasteiger partial charge in [-0.3, -0.25) is 9.59 Å². The summed E-state index contributed by atoms with van der Waals surface area (Å²) >= 11 is 0. The minimum atomic E-state index is -0.868. The van der Waals surface area contributed by atoms with Crippen LogP contribution in [0, 0.1) is 11.8 Å². The van der Waals surface area contributed by atoms with Crippen LogP contribution in [0.1, 0.15) is 25.8 Å². The zero-order chi connectivity index (χ0) is 17.5. The molecule has 0 saturated heterocycles. The van der Waals surface area contributed by atoms with E-state index in [1.807, 2.05) is 50.4 Å². The number of rotatable bonds is 8. The van der Waals surface area contributed by atoms with E-state index in [-0.39, 0.29) is 24.8 Å². The fourth-order valence-corrected chi connectivity index (χ4v) is 2.51. The molecule has 1 amide bonds. The van der Waals surface area contributed by atoms with Crippen LogP contribution in [0.15, 0.2) is 42.7 Å². The standard InChI is InChI=1S/C18H23N3O3/c1-13(2)10-15(18(23)24)12-19-17(22)11-14-4-6-16(7-5-14)21-9-3-8-20-21/h3-9,13,15H,10-12H2,1-2H3,(H,19,22)(H,23,24). The van der Waals surface area contributed by atoms with Crippen LogP contribution in [0.25, 0.3) is 5.69 Å². The molecule has 0 saturated carbocycles. The Bertz CT molecular complexity index is 663. The molecule has 1 heterocycles. The number of aromatic nitrogens is 2. The molecule has 128 valence electrons. The van der Waals surface area contributed by atoms with Crippen molar-refractivity contribution < 1.29 is 14.7 Å². The van der Waals surface area contributed by atoms with Gasteiger partial charge in [0.25, 0.3) is 0 Å². The van der Waals surface area contributed by atoms with Gasteiger partial charge in [0.2, 0.25) is 5.91 Å². The average Bonchev–Trinajstić information content (AvgIpc) is 3.06. The number of nitrogens with zero attached hydrogens (tertiary/aromatic N) is 2. The Morgan fingerprint density at radius 3 is 2.50 bits per heavy atom. The number of hydrogen-bond acceptors (Lipinski definition) is 3. The molecule has 1 aromatic heterocycles. The van der Waals surface area contributed by atoms with E-state index in [4.69, 9.17) is 0 Å². The second-order valence-electron chi connectivity index (χ2n) is 6.26. The fraction of sp³-hybridized carbons (Fsp3) is 0.389. The highest BCUT2D eigenvalue weighted by Crippen LogP contribution is 2.12. The lowest BCUT2D eigenvalue weighted by Gasteiger charge is -2.15. The molecule has 24 heavy (non-hydrogen) atoms. The highest BCUT2D eigenvalue weighted by molar-refractivity contribution is 5.79. The van der Waals surface area contributed by atoms with Crippen molar-refractivity contribution >= 4 is 11.9 Å². The molecule has 0 bridgehead atoms. The minimum Gasteiger partial charge on any atom is -0.481 e. The van der Waals surface area contributed by atoms with Crippen LogP contribution in [0.5, 0.6) is 0 Å². The van der Waals surface area contributed by atoms with Gasteiger partial charge in [-0.25, -0.2) is 4.68 Å². The molecule has 1 atom stereocenters. The number of carbonyl (C=O) groups excluding carboxylic acids is 1. The van der Waals surface area contributed by atoms with Crippen LogP contribution in [-0.2, 0) is 16.0 Å². The van der Waals surface area contributed by atoms with Crippen molar-refractivity contribution in [3.05, 3.63) is 48.3 Å². The lowest BCUT2D eigenvalue weighted by molar-refractivity contribution is -0.142. The number of carbonyl (C=O) groups is 2. The fourth-order valence-electron chi connectivity index (χ4n) is 2.51. The third-order valence-corrected chi connectivity index (χ3v) is 3.72. The molecule has 1 unspecified atom stereocenters. The van der Waals surface area contributed by atoms with E-state index < -0.39 is 11.9 Å². The van der Waals surface area contributed by atoms with E-state index in [1.165, 1.54) is 0 Å². The van der Waals surface area contributed by atoms with Gasteiger partial charge in [0, 0.05) is 18.9 Å². The van der Waals surface area contributed by atoms with Crippen molar-refractivity contribution in [2.24, 2.45) is 11.8 Å². The van der Waals surface area contributed by atoms with Gasteiger partial charge in [-0.2, -0.15) is 5.10 Å². The Morgan fingerprint density at radius 1 is 1.25 bits per heavy atom. The van der Waals surface area contributed by atoms with Crippen LogP contribution < -0.4 is 5.32 Å². The molecule has 1 aromatic carbocycles. The van der Waals surface area contributed by atoms with Crippen LogP contribution in [0.4, 0.5) is 0 Å². The number of benzene rings is 1. The summed E-state index contributed by atoms with van der Waals surface area (Å²) < 4.78 is 1.74. The molecule has 0 fully saturated rings. The monoisotopic (exact) mass is 329 g/mol. The smallest absolute Gasteiger partial charge is 0.308 e. The van der Waals surface area contributed by atoms with E-state index in [0.29, 0.717) is 6.42 Å². The first kappa shape index (κ1) is 17.7. The molecule has 0 radical (unpaired) electrons. The van der Waals surface area contributed by atoms with Crippen molar-refractivity contribution in [1.29, 1.82) is 0 Å². The van der Waals surface area contributed by atoms with E-state index in [2.05, 4.69) is 10.4 Å². The molecule has 0 aliphatic carbocycles. The van der Waals surface area contributed by atoms with Gasteiger partial charge in [0.1, 0.15) is 0 Å². The molecule has 0 spiro atoms. The second-order valence-corrected chi connectivity index (χ2v) is 6.26. The molecule has 2 rings (SSSR count). The normalized spacial score (nSPS) is 12.1.